The van der Waals surface area contributed by atoms with Crippen molar-refractivity contribution in [3.8, 4) is 6.07 Å². The summed E-state index contributed by atoms with van der Waals surface area (Å²) < 4.78 is 0. The molecular weight excluding hydrogens is 132 g/mol. The van der Waals surface area contributed by atoms with Crippen LogP contribution in [0, 0.1) is 11.3 Å². The van der Waals surface area contributed by atoms with Crippen LogP contribution in [0.1, 0.15) is 13.3 Å². The topological polar surface area (TPSA) is 62.4 Å². The molecule has 4 heteroatoms. The van der Waals surface area contributed by atoms with E-state index in [-0.39, 0.29) is 5.78 Å². The molecular formula is C6H6N2O2. The van der Waals surface area contributed by atoms with Crippen molar-refractivity contribution in [1.29, 1.82) is 5.26 Å². The van der Waals surface area contributed by atoms with Crippen molar-refractivity contribution in [1.82, 2.24) is 0 Å². The Hall–Kier alpha value is -1.37. The van der Waals surface area contributed by atoms with Gasteiger partial charge >= 0.3 is 0 Å². The molecule has 0 bridgehead atoms. The van der Waals surface area contributed by atoms with E-state index < -0.39 is 6.10 Å². The summed E-state index contributed by atoms with van der Waals surface area (Å²) in [6.07, 6.45) is -0.231. The van der Waals surface area contributed by atoms with E-state index >= 15 is 0 Å². The zero-order chi connectivity index (χ0) is 7.56. The van der Waals surface area contributed by atoms with Crippen molar-refractivity contribution < 1.29 is 9.63 Å². The number of hydrogen-bond acceptors (Lipinski definition) is 4. The molecule has 10 heavy (non-hydrogen) atoms. The maximum atomic E-state index is 10.6. The lowest BCUT2D eigenvalue weighted by Crippen LogP contribution is -2.10. The highest BCUT2D eigenvalue weighted by atomic mass is 16.6. The minimum Gasteiger partial charge on any atom is -0.376 e. The maximum Gasteiger partial charge on any atom is 0.218 e. The third-order valence-electron chi connectivity index (χ3n) is 1.22. The van der Waals surface area contributed by atoms with Gasteiger partial charge in [-0.05, 0) is 0 Å². The molecule has 0 radical (unpaired) electrons. The molecule has 0 N–H and O–H groups in total. The third kappa shape index (κ3) is 1.13. The molecule has 0 fully saturated rings. The summed E-state index contributed by atoms with van der Waals surface area (Å²) in [5.74, 6) is -0.127. The largest absolute Gasteiger partial charge is 0.376 e. The van der Waals surface area contributed by atoms with Gasteiger partial charge in [0, 0.05) is 6.92 Å². The van der Waals surface area contributed by atoms with E-state index in [1.165, 1.54) is 6.92 Å². The van der Waals surface area contributed by atoms with E-state index in [4.69, 9.17) is 5.26 Å². The predicted octanol–water partition coefficient (Wildman–Crippen LogP) is 0.244. The Morgan fingerprint density at radius 1 is 2.00 bits per heavy atom. The van der Waals surface area contributed by atoms with Gasteiger partial charge < -0.3 is 4.84 Å². The highest BCUT2D eigenvalue weighted by Crippen LogP contribution is 2.09. The van der Waals surface area contributed by atoms with Gasteiger partial charge in [0.15, 0.2) is 5.78 Å². The molecule has 0 aromatic rings. The lowest BCUT2D eigenvalue weighted by atomic mass is 10.1. The summed E-state index contributed by atoms with van der Waals surface area (Å²) >= 11 is 0. The van der Waals surface area contributed by atoms with Gasteiger partial charge in [-0.15, -0.1) is 0 Å². The number of carbonyl (C=O) groups is 1. The SMILES string of the molecule is CC(=O)C1=NOC(C#N)C1. The number of nitrogens with zero attached hydrogens (tertiary/aromatic N) is 2. The van der Waals surface area contributed by atoms with Gasteiger partial charge in [0.1, 0.15) is 11.8 Å². The van der Waals surface area contributed by atoms with E-state index in [1.807, 2.05) is 6.07 Å². The van der Waals surface area contributed by atoms with E-state index in [2.05, 4.69) is 9.99 Å². The Morgan fingerprint density at radius 2 is 2.70 bits per heavy atom. The minimum atomic E-state index is -0.557. The number of carbonyl (C=O) groups excluding carboxylic acids is 1. The Balaban J connectivity index is 2.57. The summed E-state index contributed by atoms with van der Waals surface area (Å²) in [4.78, 5) is 15.2. The Bertz CT molecular complexity index is 226. The second-order valence-electron chi connectivity index (χ2n) is 2.02. The highest BCUT2D eigenvalue weighted by Gasteiger charge is 2.22. The van der Waals surface area contributed by atoms with Gasteiger partial charge in [-0.2, -0.15) is 5.26 Å². The van der Waals surface area contributed by atoms with Crippen LogP contribution in [0.2, 0.25) is 0 Å². The first kappa shape index (κ1) is 6.75. The van der Waals surface area contributed by atoms with E-state index in [9.17, 15) is 4.79 Å². The fraction of sp³-hybridized carbons (Fsp3) is 0.500. The summed E-state index contributed by atoms with van der Waals surface area (Å²) in [5, 5.41) is 11.7. The first-order valence-corrected chi connectivity index (χ1v) is 2.87. The lowest BCUT2D eigenvalue weighted by molar-refractivity contribution is -0.111. The average Bonchev–Trinajstić information content (AvgIpc) is 2.34. The summed E-state index contributed by atoms with van der Waals surface area (Å²) in [5.41, 5.74) is 0.353. The van der Waals surface area contributed by atoms with E-state index in [1.54, 1.807) is 0 Å². The quantitative estimate of drug-likeness (QED) is 0.521. The Morgan fingerprint density at radius 3 is 3.00 bits per heavy atom. The van der Waals surface area contributed by atoms with Gasteiger partial charge in [-0.25, -0.2) is 0 Å². The van der Waals surface area contributed by atoms with Crippen LogP contribution in [-0.4, -0.2) is 17.6 Å². The van der Waals surface area contributed by atoms with Crippen LogP contribution in [-0.2, 0) is 9.63 Å². The second-order valence-corrected chi connectivity index (χ2v) is 2.02. The second kappa shape index (κ2) is 2.48. The van der Waals surface area contributed by atoms with Gasteiger partial charge in [0.25, 0.3) is 0 Å². The molecule has 0 saturated heterocycles. The fourth-order valence-corrected chi connectivity index (χ4v) is 0.655. The molecule has 0 aromatic carbocycles. The zero-order valence-electron chi connectivity index (χ0n) is 5.50. The lowest BCUT2D eigenvalue weighted by Gasteiger charge is -1.91. The first-order valence-electron chi connectivity index (χ1n) is 2.87. The van der Waals surface area contributed by atoms with E-state index in [0.29, 0.717) is 12.1 Å². The molecule has 0 aliphatic carbocycles. The van der Waals surface area contributed by atoms with Crippen molar-refractivity contribution >= 4 is 11.5 Å². The van der Waals surface area contributed by atoms with Crippen molar-refractivity contribution in [2.75, 3.05) is 0 Å². The molecule has 1 atom stereocenters. The number of Topliss-reactive ketones (excluding diaryl/α,β-unsaturated/α-hetero) is 1. The van der Waals surface area contributed by atoms with Crippen LogP contribution in [0.4, 0.5) is 0 Å². The fourth-order valence-electron chi connectivity index (χ4n) is 0.655. The van der Waals surface area contributed by atoms with Gasteiger partial charge in [-0.3, -0.25) is 4.79 Å². The Labute approximate surface area is 58.1 Å². The monoisotopic (exact) mass is 138 g/mol. The molecule has 0 amide bonds. The smallest absolute Gasteiger partial charge is 0.218 e. The van der Waals surface area contributed by atoms with Crippen LogP contribution in [0.5, 0.6) is 0 Å². The highest BCUT2D eigenvalue weighted by molar-refractivity contribution is 6.39. The molecule has 0 spiro atoms. The van der Waals surface area contributed by atoms with Crippen LogP contribution in [0.15, 0.2) is 5.16 Å². The molecule has 0 saturated carbocycles. The van der Waals surface area contributed by atoms with Crippen molar-refractivity contribution in [2.24, 2.45) is 5.16 Å². The van der Waals surface area contributed by atoms with Gasteiger partial charge in [0.2, 0.25) is 6.10 Å². The first-order chi connectivity index (χ1) is 4.74. The van der Waals surface area contributed by atoms with Crippen LogP contribution in [0.3, 0.4) is 0 Å². The molecule has 52 valence electrons. The molecule has 1 aliphatic rings. The summed E-state index contributed by atoms with van der Waals surface area (Å²) in [6, 6.07) is 1.86. The zero-order valence-corrected chi connectivity index (χ0v) is 5.50. The number of oxime groups is 1. The predicted molar refractivity (Wildman–Crippen MR) is 33.2 cm³/mol. The normalized spacial score (nSPS) is 22.8. The van der Waals surface area contributed by atoms with Crippen LogP contribution in [0.25, 0.3) is 0 Å². The molecule has 1 aliphatic heterocycles. The van der Waals surface area contributed by atoms with Crippen molar-refractivity contribution in [2.45, 2.75) is 19.4 Å². The Kier molecular flexibility index (Phi) is 1.67. The maximum absolute atomic E-state index is 10.6. The standard InChI is InChI=1S/C6H6N2O2/c1-4(9)6-2-5(3-7)10-8-6/h5H,2H2,1H3. The van der Waals surface area contributed by atoms with Gasteiger partial charge in [0.05, 0.1) is 6.42 Å². The summed E-state index contributed by atoms with van der Waals surface area (Å²) in [7, 11) is 0. The molecule has 0 aromatic heterocycles. The minimum absolute atomic E-state index is 0.127. The van der Waals surface area contributed by atoms with Crippen molar-refractivity contribution in [3.63, 3.8) is 0 Å². The van der Waals surface area contributed by atoms with Crippen LogP contribution < -0.4 is 0 Å². The third-order valence-corrected chi connectivity index (χ3v) is 1.22. The number of hydrogen-bond donors (Lipinski definition) is 0. The molecule has 1 rings (SSSR count). The molecule has 4 nitrogen and oxygen atoms in total. The average molecular weight is 138 g/mol. The van der Waals surface area contributed by atoms with Crippen molar-refractivity contribution in [3.05, 3.63) is 0 Å². The van der Waals surface area contributed by atoms with Crippen LogP contribution >= 0.6 is 0 Å². The number of rotatable bonds is 1. The molecule has 1 heterocycles. The summed E-state index contributed by atoms with van der Waals surface area (Å²) in [6.45, 7) is 1.40. The number of nitriles is 1. The number of ketones is 1. The van der Waals surface area contributed by atoms with E-state index in [0.717, 1.165) is 0 Å². The molecule has 1 unspecified atom stereocenters. The van der Waals surface area contributed by atoms with Gasteiger partial charge in [-0.1, -0.05) is 5.16 Å².